The molecule has 1 aromatic carbocycles. The van der Waals surface area contributed by atoms with Gasteiger partial charge in [0.1, 0.15) is 0 Å². The van der Waals surface area contributed by atoms with Gasteiger partial charge in [0.15, 0.2) is 0 Å². The molecule has 0 unspecified atom stereocenters. The third kappa shape index (κ3) is 3.14. The number of nitrogens with zero attached hydrogens (tertiary/aromatic N) is 2. The maximum atomic E-state index is 13.1. The van der Waals surface area contributed by atoms with Crippen molar-refractivity contribution >= 4 is 28.6 Å². The van der Waals surface area contributed by atoms with Crippen molar-refractivity contribution in [3.63, 3.8) is 0 Å². The minimum Gasteiger partial charge on any atom is -0.390 e. The molecular formula is C19H18F3N3O2. The van der Waals surface area contributed by atoms with E-state index in [1.54, 1.807) is 32.1 Å². The van der Waals surface area contributed by atoms with Crippen LogP contribution < -0.4 is 5.32 Å². The van der Waals surface area contributed by atoms with Gasteiger partial charge >= 0.3 is 6.18 Å². The molecule has 1 fully saturated rings. The number of rotatable bonds is 4. The van der Waals surface area contributed by atoms with Gasteiger partial charge in [-0.05, 0) is 56.5 Å². The van der Waals surface area contributed by atoms with Crippen molar-refractivity contribution in [2.45, 2.75) is 32.0 Å². The molecule has 0 spiro atoms. The third-order valence-electron chi connectivity index (χ3n) is 5.04. The average Bonchev–Trinajstić information content (AvgIpc) is 3.24. The molecule has 1 amide bonds. The van der Waals surface area contributed by atoms with E-state index in [1.165, 1.54) is 10.6 Å². The first kappa shape index (κ1) is 17.8. The molecular weight excluding hydrogens is 359 g/mol. The van der Waals surface area contributed by atoms with Crippen LogP contribution in [0.1, 0.15) is 25.8 Å². The molecule has 0 radical (unpaired) electrons. The van der Waals surface area contributed by atoms with Crippen LogP contribution in [0.5, 0.6) is 0 Å². The number of alkyl halides is 3. The fourth-order valence-corrected chi connectivity index (χ4v) is 3.40. The Hall–Kier alpha value is -2.61. The second-order valence-corrected chi connectivity index (χ2v) is 7.51. The molecule has 0 saturated heterocycles. The molecule has 2 aromatic rings. The number of fused-ring (bicyclic) bond motifs is 1. The number of amides is 1. The lowest BCUT2D eigenvalue weighted by Crippen LogP contribution is -2.26. The second kappa shape index (κ2) is 5.69. The Morgan fingerprint density at radius 3 is 2.56 bits per heavy atom. The summed E-state index contributed by atoms with van der Waals surface area (Å²) in [7, 11) is 0. The number of aromatic nitrogens is 2. The second-order valence-electron chi connectivity index (χ2n) is 7.51. The van der Waals surface area contributed by atoms with Crippen molar-refractivity contribution in [3.8, 4) is 0 Å². The number of hydrogen-bond donors (Lipinski definition) is 2. The lowest BCUT2D eigenvalue weighted by molar-refractivity contribution is -0.137. The maximum absolute atomic E-state index is 13.1. The Labute approximate surface area is 153 Å². The van der Waals surface area contributed by atoms with Gasteiger partial charge in [-0.2, -0.15) is 13.2 Å². The molecule has 2 aliphatic carbocycles. The van der Waals surface area contributed by atoms with Crippen LogP contribution in [-0.2, 0) is 11.0 Å². The largest absolute Gasteiger partial charge is 0.416 e. The molecule has 4 rings (SSSR count). The smallest absolute Gasteiger partial charge is 0.390 e. The highest BCUT2D eigenvalue weighted by Crippen LogP contribution is 2.47. The van der Waals surface area contributed by atoms with Crippen LogP contribution in [0.25, 0.3) is 16.7 Å². The number of allylic oxidation sites excluding steroid dienone is 4. The SMILES string of the molecule is CC(C)(O)[C@H]1C[C@@H]1C(=O)Nc1nc2ccc(C(F)(F)F)cc2n1C1=CC=C1. The summed E-state index contributed by atoms with van der Waals surface area (Å²) < 4.78 is 40.7. The first-order chi connectivity index (χ1) is 12.6. The number of aliphatic hydroxyl groups is 1. The van der Waals surface area contributed by atoms with Gasteiger partial charge < -0.3 is 5.11 Å². The Morgan fingerprint density at radius 2 is 2.04 bits per heavy atom. The molecule has 1 aromatic heterocycles. The molecule has 2 atom stereocenters. The van der Waals surface area contributed by atoms with Crippen molar-refractivity contribution in [3.05, 3.63) is 42.0 Å². The van der Waals surface area contributed by atoms with Crippen LogP contribution in [0, 0.1) is 11.8 Å². The van der Waals surface area contributed by atoms with Crippen molar-refractivity contribution in [2.24, 2.45) is 11.8 Å². The monoisotopic (exact) mass is 377 g/mol. The fraction of sp³-hybridized carbons (Fsp3) is 0.368. The first-order valence-corrected chi connectivity index (χ1v) is 8.57. The number of benzene rings is 1. The van der Waals surface area contributed by atoms with Gasteiger partial charge in [0.05, 0.1) is 22.2 Å². The molecule has 27 heavy (non-hydrogen) atoms. The minimum absolute atomic E-state index is 0.144. The summed E-state index contributed by atoms with van der Waals surface area (Å²) in [4.78, 5) is 16.8. The van der Waals surface area contributed by atoms with E-state index in [0.717, 1.165) is 12.1 Å². The standard InChI is InChI=1S/C19H18F3N3O2/c1-18(2,27)13-9-12(13)16(26)24-17-23-14-7-6-10(19(20,21)22)8-15(14)25(17)11-4-3-5-11/h3-8,12-13,27H,9H2,1-2H3,(H,23,24,26)/t12-,13-/m0/s1. The number of anilines is 1. The van der Waals surface area contributed by atoms with Crippen LogP contribution in [-0.4, -0.2) is 26.2 Å². The summed E-state index contributed by atoms with van der Waals surface area (Å²) >= 11 is 0. The lowest BCUT2D eigenvalue weighted by atomic mass is 10.0. The third-order valence-corrected chi connectivity index (χ3v) is 5.04. The number of carbonyl (C=O) groups excluding carboxylic acids is 1. The minimum atomic E-state index is -4.47. The summed E-state index contributed by atoms with van der Waals surface area (Å²) in [5, 5.41) is 12.7. The predicted octanol–water partition coefficient (Wildman–Crippen LogP) is 3.81. The van der Waals surface area contributed by atoms with E-state index in [0.29, 0.717) is 17.6 Å². The Balaban J connectivity index is 1.69. The average molecular weight is 377 g/mol. The first-order valence-electron chi connectivity index (χ1n) is 8.57. The zero-order valence-electron chi connectivity index (χ0n) is 14.7. The van der Waals surface area contributed by atoms with Crippen molar-refractivity contribution in [2.75, 3.05) is 5.32 Å². The van der Waals surface area contributed by atoms with E-state index < -0.39 is 17.3 Å². The van der Waals surface area contributed by atoms with E-state index in [-0.39, 0.29) is 29.2 Å². The van der Waals surface area contributed by atoms with Crippen LogP contribution in [0.2, 0.25) is 0 Å². The van der Waals surface area contributed by atoms with Gasteiger partial charge in [0.2, 0.25) is 11.9 Å². The maximum Gasteiger partial charge on any atom is 0.416 e. The van der Waals surface area contributed by atoms with E-state index in [4.69, 9.17) is 0 Å². The number of carbonyl (C=O) groups is 1. The van der Waals surface area contributed by atoms with E-state index >= 15 is 0 Å². The Kier molecular flexibility index (Phi) is 3.75. The summed E-state index contributed by atoms with van der Waals surface area (Å²) in [6.45, 7) is 3.31. The molecule has 8 heteroatoms. The molecule has 0 aliphatic heterocycles. The number of halogens is 3. The van der Waals surface area contributed by atoms with Gasteiger partial charge in [0.25, 0.3) is 0 Å². The Morgan fingerprint density at radius 1 is 1.33 bits per heavy atom. The lowest BCUT2D eigenvalue weighted by Gasteiger charge is -2.17. The molecule has 1 heterocycles. The van der Waals surface area contributed by atoms with Crippen LogP contribution in [0.3, 0.4) is 0 Å². The fourth-order valence-electron chi connectivity index (χ4n) is 3.40. The molecule has 2 aliphatic rings. The molecule has 142 valence electrons. The van der Waals surface area contributed by atoms with E-state index in [9.17, 15) is 23.1 Å². The van der Waals surface area contributed by atoms with Gasteiger partial charge in [-0.3, -0.25) is 14.7 Å². The predicted molar refractivity (Wildman–Crippen MR) is 94.7 cm³/mol. The summed E-state index contributed by atoms with van der Waals surface area (Å²) in [5.74, 6) is -0.602. The zero-order chi connectivity index (χ0) is 19.6. The number of imidazole rings is 1. The topological polar surface area (TPSA) is 67.2 Å². The normalized spacial score (nSPS) is 21.8. The van der Waals surface area contributed by atoms with Gasteiger partial charge in [-0.25, -0.2) is 4.98 Å². The van der Waals surface area contributed by atoms with Gasteiger partial charge in [-0.15, -0.1) is 0 Å². The molecule has 0 bridgehead atoms. The highest BCUT2D eigenvalue weighted by Gasteiger charge is 2.51. The van der Waals surface area contributed by atoms with Crippen LogP contribution in [0.4, 0.5) is 19.1 Å². The quantitative estimate of drug-likeness (QED) is 0.852. The Bertz CT molecular complexity index is 996. The van der Waals surface area contributed by atoms with Gasteiger partial charge in [0, 0.05) is 11.6 Å². The van der Waals surface area contributed by atoms with Crippen LogP contribution >= 0.6 is 0 Å². The van der Waals surface area contributed by atoms with Crippen molar-refractivity contribution in [1.29, 1.82) is 0 Å². The zero-order valence-corrected chi connectivity index (χ0v) is 14.7. The molecule has 1 saturated carbocycles. The highest BCUT2D eigenvalue weighted by molar-refractivity contribution is 5.97. The summed E-state index contributed by atoms with van der Waals surface area (Å²) in [6, 6.07) is 3.30. The van der Waals surface area contributed by atoms with Gasteiger partial charge in [-0.1, -0.05) is 6.08 Å². The number of nitrogens with one attached hydrogen (secondary N) is 1. The van der Waals surface area contributed by atoms with Crippen molar-refractivity contribution in [1.82, 2.24) is 9.55 Å². The number of hydrogen-bond acceptors (Lipinski definition) is 3. The van der Waals surface area contributed by atoms with E-state index in [2.05, 4.69) is 10.3 Å². The van der Waals surface area contributed by atoms with Crippen molar-refractivity contribution < 1.29 is 23.1 Å². The highest BCUT2D eigenvalue weighted by atomic mass is 19.4. The summed E-state index contributed by atoms with van der Waals surface area (Å²) in [5.41, 5.74) is -0.465. The van der Waals surface area contributed by atoms with E-state index in [1.807, 2.05) is 0 Å². The molecule has 2 N–H and O–H groups in total. The van der Waals surface area contributed by atoms with Crippen LogP contribution in [0.15, 0.2) is 36.4 Å². The summed E-state index contributed by atoms with van der Waals surface area (Å²) in [6.07, 6.45) is 1.31. The molecule has 5 nitrogen and oxygen atoms in total.